The number of anilines is 1. The molecule has 2 aromatic rings. The van der Waals surface area contributed by atoms with Crippen molar-refractivity contribution in [3.05, 3.63) is 17.6 Å². The molecule has 1 aromatic heterocycles. The number of carbonyl (C=O) groups is 1. The van der Waals surface area contributed by atoms with Crippen LogP contribution in [-0.2, 0) is 9.53 Å². The summed E-state index contributed by atoms with van der Waals surface area (Å²) in [5.74, 6) is 0.456. The summed E-state index contributed by atoms with van der Waals surface area (Å²) in [7, 11) is 1.39. The van der Waals surface area contributed by atoms with Gasteiger partial charge in [-0.15, -0.1) is 23.1 Å². The summed E-state index contributed by atoms with van der Waals surface area (Å²) in [6.07, 6.45) is 0.385. The highest BCUT2D eigenvalue weighted by Crippen LogP contribution is 2.33. The van der Waals surface area contributed by atoms with Gasteiger partial charge in [0, 0.05) is 10.6 Å². The topological polar surface area (TPSA) is 65.2 Å². The zero-order valence-electron chi connectivity index (χ0n) is 9.30. The molecule has 0 atom stereocenters. The van der Waals surface area contributed by atoms with Crippen LogP contribution in [0.4, 0.5) is 5.69 Å². The van der Waals surface area contributed by atoms with Gasteiger partial charge in [0.1, 0.15) is 5.52 Å². The lowest BCUT2D eigenvalue weighted by molar-refractivity contribution is -0.140. The molecule has 4 nitrogen and oxygen atoms in total. The highest BCUT2D eigenvalue weighted by molar-refractivity contribution is 7.99. The van der Waals surface area contributed by atoms with E-state index in [1.54, 1.807) is 28.6 Å². The van der Waals surface area contributed by atoms with Gasteiger partial charge < -0.3 is 10.5 Å². The molecule has 0 spiro atoms. The van der Waals surface area contributed by atoms with Crippen molar-refractivity contribution in [1.29, 1.82) is 0 Å². The van der Waals surface area contributed by atoms with Crippen molar-refractivity contribution in [2.75, 3.05) is 18.6 Å². The number of benzene rings is 1. The van der Waals surface area contributed by atoms with Gasteiger partial charge in [-0.2, -0.15) is 0 Å². The Morgan fingerprint density at radius 1 is 1.59 bits per heavy atom. The quantitative estimate of drug-likeness (QED) is 0.524. The molecule has 0 fully saturated rings. The second-order valence-corrected chi connectivity index (χ2v) is 5.37. The number of rotatable bonds is 4. The Hall–Kier alpha value is -1.27. The van der Waals surface area contributed by atoms with E-state index >= 15 is 0 Å². The first-order valence-corrected chi connectivity index (χ1v) is 6.90. The smallest absolute Gasteiger partial charge is 0.306 e. The Kier molecular flexibility index (Phi) is 3.86. The number of carbonyl (C=O) groups excluding carboxylic acids is 1. The Balaban J connectivity index is 2.08. The molecule has 2 N–H and O–H groups in total. The van der Waals surface area contributed by atoms with E-state index in [4.69, 9.17) is 5.73 Å². The lowest BCUT2D eigenvalue weighted by Gasteiger charge is -2.05. The standard InChI is InChI=1S/C11H12N2O2S2/c1-15-9(14)4-5-16-7-2-3-8-11(10(7)12)13-6-17-8/h2-3,6H,4-5,12H2,1H3. The van der Waals surface area contributed by atoms with Crippen LogP contribution >= 0.6 is 23.1 Å². The van der Waals surface area contributed by atoms with Gasteiger partial charge in [-0.1, -0.05) is 0 Å². The van der Waals surface area contributed by atoms with E-state index in [0.717, 1.165) is 15.1 Å². The minimum Gasteiger partial charge on any atom is -0.469 e. The zero-order chi connectivity index (χ0) is 12.3. The van der Waals surface area contributed by atoms with Crippen molar-refractivity contribution in [2.24, 2.45) is 0 Å². The maximum atomic E-state index is 11.0. The third-order valence-corrected chi connectivity index (χ3v) is 4.16. The first kappa shape index (κ1) is 12.2. The molecule has 0 aliphatic heterocycles. The molecule has 90 valence electrons. The molecular weight excluding hydrogens is 256 g/mol. The number of hydrogen-bond donors (Lipinski definition) is 1. The molecule has 0 unspecified atom stereocenters. The summed E-state index contributed by atoms with van der Waals surface area (Å²) in [6.45, 7) is 0. The fourth-order valence-electron chi connectivity index (χ4n) is 1.41. The average Bonchev–Trinajstić information content (AvgIpc) is 2.81. The number of methoxy groups -OCH3 is 1. The van der Waals surface area contributed by atoms with Gasteiger partial charge in [-0.3, -0.25) is 4.79 Å². The minimum absolute atomic E-state index is 0.203. The maximum Gasteiger partial charge on any atom is 0.306 e. The number of nitrogen functional groups attached to an aromatic ring is 1. The van der Waals surface area contributed by atoms with Gasteiger partial charge >= 0.3 is 5.97 Å². The number of aromatic nitrogens is 1. The molecule has 1 heterocycles. The van der Waals surface area contributed by atoms with Crippen molar-refractivity contribution >= 4 is 45.0 Å². The van der Waals surface area contributed by atoms with Crippen LogP contribution in [0, 0.1) is 0 Å². The largest absolute Gasteiger partial charge is 0.469 e. The van der Waals surface area contributed by atoms with Crippen LogP contribution in [0.1, 0.15) is 6.42 Å². The van der Waals surface area contributed by atoms with Crippen LogP contribution in [0.5, 0.6) is 0 Å². The first-order valence-electron chi connectivity index (χ1n) is 5.03. The zero-order valence-corrected chi connectivity index (χ0v) is 10.9. The summed E-state index contributed by atoms with van der Waals surface area (Å²) in [4.78, 5) is 16.2. The summed E-state index contributed by atoms with van der Waals surface area (Å²) in [6, 6.07) is 3.97. The van der Waals surface area contributed by atoms with E-state index in [1.807, 2.05) is 12.1 Å². The molecule has 0 bridgehead atoms. The highest BCUT2D eigenvalue weighted by atomic mass is 32.2. The van der Waals surface area contributed by atoms with Crippen LogP contribution in [0.2, 0.25) is 0 Å². The molecule has 1 aromatic carbocycles. The molecule has 2 rings (SSSR count). The van der Waals surface area contributed by atoms with E-state index in [2.05, 4.69) is 9.72 Å². The number of nitrogens with zero attached hydrogens (tertiary/aromatic N) is 1. The fraction of sp³-hybridized carbons (Fsp3) is 0.273. The summed E-state index contributed by atoms with van der Waals surface area (Å²) >= 11 is 3.12. The van der Waals surface area contributed by atoms with E-state index < -0.39 is 0 Å². The minimum atomic E-state index is -0.203. The molecule has 0 aliphatic rings. The summed E-state index contributed by atoms with van der Waals surface area (Å²) in [5.41, 5.74) is 9.34. The van der Waals surface area contributed by atoms with Crippen LogP contribution in [0.3, 0.4) is 0 Å². The second-order valence-electron chi connectivity index (χ2n) is 3.35. The monoisotopic (exact) mass is 268 g/mol. The third-order valence-electron chi connectivity index (χ3n) is 2.29. The Labute approximate surface area is 107 Å². The van der Waals surface area contributed by atoms with Gasteiger partial charge in [0.05, 0.1) is 29.4 Å². The predicted octanol–water partition coefficient (Wildman–Crippen LogP) is 2.53. The molecule has 6 heteroatoms. The van der Waals surface area contributed by atoms with Crippen LogP contribution in [0.25, 0.3) is 10.2 Å². The third kappa shape index (κ3) is 2.70. The van der Waals surface area contributed by atoms with Gasteiger partial charge in [-0.05, 0) is 12.1 Å². The van der Waals surface area contributed by atoms with Crippen molar-refractivity contribution in [2.45, 2.75) is 11.3 Å². The Bertz CT molecular complexity index is 539. The SMILES string of the molecule is COC(=O)CCSc1ccc2scnc2c1N. The fourth-order valence-corrected chi connectivity index (χ4v) is 3.00. The molecule has 0 saturated carbocycles. The van der Waals surface area contributed by atoms with E-state index in [9.17, 15) is 4.79 Å². The van der Waals surface area contributed by atoms with Gasteiger partial charge in [0.15, 0.2) is 0 Å². The van der Waals surface area contributed by atoms with Crippen molar-refractivity contribution in [3.63, 3.8) is 0 Å². The molecule has 0 aliphatic carbocycles. The summed E-state index contributed by atoms with van der Waals surface area (Å²) in [5, 5.41) is 0. The lowest BCUT2D eigenvalue weighted by atomic mass is 10.3. The van der Waals surface area contributed by atoms with Gasteiger partial charge in [-0.25, -0.2) is 4.98 Å². The van der Waals surface area contributed by atoms with E-state index in [0.29, 0.717) is 17.9 Å². The van der Waals surface area contributed by atoms with Crippen molar-refractivity contribution in [1.82, 2.24) is 4.98 Å². The summed E-state index contributed by atoms with van der Waals surface area (Å²) < 4.78 is 5.67. The lowest BCUT2D eigenvalue weighted by Crippen LogP contribution is -2.01. The number of thioether (sulfide) groups is 1. The number of fused-ring (bicyclic) bond motifs is 1. The van der Waals surface area contributed by atoms with Crippen LogP contribution in [0.15, 0.2) is 22.5 Å². The Morgan fingerprint density at radius 3 is 3.18 bits per heavy atom. The molecule has 0 amide bonds. The number of nitrogens with two attached hydrogens (primary N) is 1. The molecule has 0 saturated heterocycles. The maximum absolute atomic E-state index is 11.0. The van der Waals surface area contributed by atoms with Crippen LogP contribution < -0.4 is 5.73 Å². The van der Waals surface area contributed by atoms with E-state index in [1.165, 1.54) is 7.11 Å². The predicted molar refractivity (Wildman–Crippen MR) is 71.4 cm³/mol. The normalized spacial score (nSPS) is 10.6. The average molecular weight is 268 g/mol. The number of hydrogen-bond acceptors (Lipinski definition) is 6. The van der Waals surface area contributed by atoms with Crippen molar-refractivity contribution < 1.29 is 9.53 Å². The number of ether oxygens (including phenoxy) is 1. The van der Waals surface area contributed by atoms with Gasteiger partial charge in [0.25, 0.3) is 0 Å². The van der Waals surface area contributed by atoms with Gasteiger partial charge in [0.2, 0.25) is 0 Å². The Morgan fingerprint density at radius 2 is 2.41 bits per heavy atom. The first-order chi connectivity index (χ1) is 8.22. The molecule has 0 radical (unpaired) electrons. The highest BCUT2D eigenvalue weighted by Gasteiger charge is 2.08. The number of thiazole rings is 1. The molecular formula is C11H12N2O2S2. The van der Waals surface area contributed by atoms with Crippen LogP contribution in [-0.4, -0.2) is 23.8 Å². The second kappa shape index (κ2) is 5.37. The van der Waals surface area contributed by atoms with E-state index in [-0.39, 0.29) is 5.97 Å². The number of esters is 1. The van der Waals surface area contributed by atoms with Crippen molar-refractivity contribution in [3.8, 4) is 0 Å². The molecule has 17 heavy (non-hydrogen) atoms.